The maximum Gasteiger partial charge on any atom is 0.317 e. The summed E-state index contributed by atoms with van der Waals surface area (Å²) in [5.41, 5.74) is 0.532. The summed E-state index contributed by atoms with van der Waals surface area (Å²) in [6.07, 6.45) is 0. The standard InChI is InChI=1S/C12H16F2N2O/c1-3-16(4-2)12(17)15-8-9-5-6-10(13)11(14)7-9/h5-7H,3-4,8H2,1-2H3,(H,15,17). The molecule has 1 N–H and O–H groups in total. The van der Waals surface area contributed by atoms with E-state index in [9.17, 15) is 13.6 Å². The van der Waals surface area contributed by atoms with Crippen LogP contribution in [0, 0.1) is 11.6 Å². The van der Waals surface area contributed by atoms with Gasteiger partial charge in [-0.1, -0.05) is 6.07 Å². The molecule has 94 valence electrons. The number of rotatable bonds is 4. The summed E-state index contributed by atoms with van der Waals surface area (Å²) in [7, 11) is 0. The second-order valence-electron chi connectivity index (χ2n) is 3.58. The molecule has 0 unspecified atom stereocenters. The molecule has 0 heterocycles. The second kappa shape index (κ2) is 6.18. The number of benzene rings is 1. The molecular formula is C12H16F2N2O. The Hall–Kier alpha value is -1.65. The van der Waals surface area contributed by atoms with Crippen LogP contribution in [0.15, 0.2) is 18.2 Å². The molecule has 0 aliphatic rings. The van der Waals surface area contributed by atoms with E-state index in [2.05, 4.69) is 5.32 Å². The van der Waals surface area contributed by atoms with Gasteiger partial charge in [-0.25, -0.2) is 13.6 Å². The molecule has 0 aromatic heterocycles. The van der Waals surface area contributed by atoms with Gasteiger partial charge in [0.25, 0.3) is 0 Å². The maximum atomic E-state index is 12.9. The highest BCUT2D eigenvalue weighted by Crippen LogP contribution is 2.08. The molecule has 0 bridgehead atoms. The zero-order chi connectivity index (χ0) is 12.8. The Morgan fingerprint density at radius 2 is 1.88 bits per heavy atom. The van der Waals surface area contributed by atoms with Gasteiger partial charge in [-0.2, -0.15) is 0 Å². The second-order valence-corrected chi connectivity index (χ2v) is 3.58. The number of nitrogens with zero attached hydrogens (tertiary/aromatic N) is 1. The summed E-state index contributed by atoms with van der Waals surface area (Å²) in [5.74, 6) is -1.79. The number of urea groups is 1. The molecule has 0 fully saturated rings. The molecule has 0 aliphatic heterocycles. The highest BCUT2D eigenvalue weighted by atomic mass is 19.2. The van der Waals surface area contributed by atoms with Crippen molar-refractivity contribution in [3.8, 4) is 0 Å². The van der Waals surface area contributed by atoms with E-state index in [1.54, 1.807) is 4.90 Å². The molecule has 1 aromatic carbocycles. The fraction of sp³-hybridized carbons (Fsp3) is 0.417. The predicted molar refractivity (Wildman–Crippen MR) is 61.5 cm³/mol. The van der Waals surface area contributed by atoms with Crippen molar-refractivity contribution in [2.24, 2.45) is 0 Å². The molecule has 17 heavy (non-hydrogen) atoms. The lowest BCUT2D eigenvalue weighted by molar-refractivity contribution is 0.203. The quantitative estimate of drug-likeness (QED) is 0.864. The third kappa shape index (κ3) is 3.69. The Labute approximate surface area is 99.4 Å². The minimum absolute atomic E-state index is 0.187. The maximum absolute atomic E-state index is 12.9. The number of carbonyl (C=O) groups is 1. The zero-order valence-electron chi connectivity index (χ0n) is 9.96. The minimum atomic E-state index is -0.903. The number of hydrogen-bond donors (Lipinski definition) is 1. The van der Waals surface area contributed by atoms with Crippen LogP contribution in [0.1, 0.15) is 19.4 Å². The average molecular weight is 242 g/mol. The van der Waals surface area contributed by atoms with Gasteiger partial charge in [-0.3, -0.25) is 0 Å². The van der Waals surface area contributed by atoms with Gasteiger partial charge < -0.3 is 10.2 Å². The molecule has 1 rings (SSSR count). The molecule has 0 saturated carbocycles. The van der Waals surface area contributed by atoms with Crippen LogP contribution in [0.25, 0.3) is 0 Å². The van der Waals surface area contributed by atoms with Gasteiger partial charge in [0.2, 0.25) is 0 Å². The first kappa shape index (κ1) is 13.4. The Kier molecular flexibility index (Phi) is 4.87. The normalized spacial score (nSPS) is 10.1. The summed E-state index contributed by atoms with van der Waals surface area (Å²) < 4.78 is 25.6. The summed E-state index contributed by atoms with van der Waals surface area (Å²) in [5, 5.41) is 2.65. The van der Waals surface area contributed by atoms with Crippen molar-refractivity contribution in [3.63, 3.8) is 0 Å². The van der Waals surface area contributed by atoms with E-state index in [1.165, 1.54) is 6.07 Å². The Balaban J connectivity index is 2.55. The van der Waals surface area contributed by atoms with Gasteiger partial charge in [-0.15, -0.1) is 0 Å². The predicted octanol–water partition coefficient (Wildman–Crippen LogP) is 2.52. The first-order valence-electron chi connectivity index (χ1n) is 5.55. The van der Waals surface area contributed by atoms with E-state index in [-0.39, 0.29) is 12.6 Å². The first-order valence-corrected chi connectivity index (χ1v) is 5.55. The smallest absolute Gasteiger partial charge is 0.317 e. The van der Waals surface area contributed by atoms with Gasteiger partial charge in [0.1, 0.15) is 0 Å². The fourth-order valence-corrected chi connectivity index (χ4v) is 1.45. The molecule has 0 aliphatic carbocycles. The SMILES string of the molecule is CCN(CC)C(=O)NCc1ccc(F)c(F)c1. The molecule has 0 radical (unpaired) electrons. The molecular weight excluding hydrogens is 226 g/mol. The Morgan fingerprint density at radius 1 is 1.24 bits per heavy atom. The highest BCUT2D eigenvalue weighted by molar-refractivity contribution is 5.74. The molecule has 0 saturated heterocycles. The van der Waals surface area contributed by atoms with Crippen LogP contribution >= 0.6 is 0 Å². The number of amides is 2. The van der Waals surface area contributed by atoms with Gasteiger partial charge >= 0.3 is 6.03 Å². The molecule has 2 amide bonds. The van der Waals surface area contributed by atoms with Gasteiger partial charge in [0.15, 0.2) is 11.6 Å². The Bertz CT molecular complexity index is 392. The zero-order valence-corrected chi connectivity index (χ0v) is 9.96. The van der Waals surface area contributed by atoms with Crippen LogP contribution in [0.3, 0.4) is 0 Å². The average Bonchev–Trinajstić information content (AvgIpc) is 2.32. The van der Waals surface area contributed by atoms with Crippen LogP contribution in [0.5, 0.6) is 0 Å². The molecule has 1 aromatic rings. The van der Waals surface area contributed by atoms with E-state index in [4.69, 9.17) is 0 Å². The summed E-state index contributed by atoms with van der Waals surface area (Å²) in [6.45, 7) is 5.16. The van der Waals surface area contributed by atoms with Gasteiger partial charge in [0.05, 0.1) is 0 Å². The lowest BCUT2D eigenvalue weighted by Gasteiger charge is -2.19. The fourth-order valence-electron chi connectivity index (χ4n) is 1.45. The van der Waals surface area contributed by atoms with E-state index in [1.807, 2.05) is 13.8 Å². The van der Waals surface area contributed by atoms with Gasteiger partial charge in [0, 0.05) is 19.6 Å². The molecule has 0 spiro atoms. The van der Waals surface area contributed by atoms with Gasteiger partial charge in [-0.05, 0) is 31.5 Å². The topological polar surface area (TPSA) is 32.3 Å². The summed E-state index contributed by atoms with van der Waals surface area (Å²) >= 11 is 0. The van der Waals surface area contributed by atoms with Crippen molar-refractivity contribution < 1.29 is 13.6 Å². The number of halogens is 2. The molecule has 0 atom stereocenters. The first-order chi connectivity index (χ1) is 8.08. The third-order valence-electron chi connectivity index (χ3n) is 2.48. The minimum Gasteiger partial charge on any atom is -0.334 e. The largest absolute Gasteiger partial charge is 0.334 e. The molecule has 5 heteroatoms. The number of carbonyl (C=O) groups excluding carboxylic acids is 1. The number of nitrogens with one attached hydrogen (secondary N) is 1. The van der Waals surface area contributed by atoms with Crippen LogP contribution < -0.4 is 5.32 Å². The Morgan fingerprint density at radius 3 is 2.41 bits per heavy atom. The summed E-state index contributed by atoms with van der Waals surface area (Å²) in [6, 6.07) is 3.37. The van der Waals surface area contributed by atoms with Crippen molar-refractivity contribution in [1.82, 2.24) is 10.2 Å². The van der Waals surface area contributed by atoms with Crippen molar-refractivity contribution in [2.75, 3.05) is 13.1 Å². The highest BCUT2D eigenvalue weighted by Gasteiger charge is 2.09. The van der Waals surface area contributed by atoms with E-state index >= 15 is 0 Å². The van der Waals surface area contributed by atoms with E-state index in [0.717, 1.165) is 12.1 Å². The van der Waals surface area contributed by atoms with Crippen molar-refractivity contribution in [1.29, 1.82) is 0 Å². The van der Waals surface area contributed by atoms with Crippen molar-refractivity contribution in [3.05, 3.63) is 35.4 Å². The monoisotopic (exact) mass is 242 g/mol. The van der Waals surface area contributed by atoms with E-state index in [0.29, 0.717) is 18.7 Å². The van der Waals surface area contributed by atoms with E-state index < -0.39 is 11.6 Å². The van der Waals surface area contributed by atoms with Crippen molar-refractivity contribution >= 4 is 6.03 Å². The number of hydrogen-bond acceptors (Lipinski definition) is 1. The van der Waals surface area contributed by atoms with Crippen LogP contribution in [0.2, 0.25) is 0 Å². The lowest BCUT2D eigenvalue weighted by Crippen LogP contribution is -2.39. The van der Waals surface area contributed by atoms with Crippen LogP contribution in [-0.2, 0) is 6.54 Å². The van der Waals surface area contributed by atoms with Crippen LogP contribution in [0.4, 0.5) is 13.6 Å². The van der Waals surface area contributed by atoms with Crippen LogP contribution in [-0.4, -0.2) is 24.0 Å². The molecule has 3 nitrogen and oxygen atoms in total. The lowest BCUT2D eigenvalue weighted by atomic mass is 10.2. The van der Waals surface area contributed by atoms with Crippen molar-refractivity contribution in [2.45, 2.75) is 20.4 Å². The third-order valence-corrected chi connectivity index (χ3v) is 2.48. The summed E-state index contributed by atoms with van der Waals surface area (Å²) in [4.78, 5) is 13.2.